The van der Waals surface area contributed by atoms with Gasteiger partial charge in [-0.2, -0.15) is 0 Å². The second kappa shape index (κ2) is 10.2. The summed E-state index contributed by atoms with van der Waals surface area (Å²) >= 11 is 0. The fourth-order valence-corrected chi connectivity index (χ4v) is 3.73. The van der Waals surface area contributed by atoms with Crippen LogP contribution in [0, 0.1) is 34.6 Å². The van der Waals surface area contributed by atoms with Crippen LogP contribution in [-0.2, 0) is 0 Å². The summed E-state index contributed by atoms with van der Waals surface area (Å²) in [7, 11) is 0. The summed E-state index contributed by atoms with van der Waals surface area (Å²) in [6.07, 6.45) is 3.64. The zero-order valence-corrected chi connectivity index (χ0v) is 20.2. The molecule has 3 heteroatoms. The van der Waals surface area contributed by atoms with Crippen LogP contribution >= 0.6 is 0 Å². The van der Waals surface area contributed by atoms with Crippen molar-refractivity contribution < 1.29 is 0 Å². The van der Waals surface area contributed by atoms with E-state index in [-0.39, 0.29) is 0 Å². The van der Waals surface area contributed by atoms with E-state index in [1.54, 1.807) is 6.21 Å². The van der Waals surface area contributed by atoms with Gasteiger partial charge in [0, 0.05) is 23.7 Å². The van der Waals surface area contributed by atoms with E-state index in [9.17, 15) is 0 Å². The first-order chi connectivity index (χ1) is 15.3. The zero-order chi connectivity index (χ0) is 23.3. The normalized spacial score (nSPS) is 12.5. The highest BCUT2D eigenvalue weighted by atomic mass is 15.0. The van der Waals surface area contributed by atoms with Gasteiger partial charge in [-0.05, 0) is 106 Å². The maximum Gasteiger partial charge on any atom is 0.135 e. The monoisotopic (exact) mass is 423 g/mol. The lowest BCUT2D eigenvalue weighted by Crippen LogP contribution is -2.15. The molecular formula is C29H33N3. The summed E-state index contributed by atoms with van der Waals surface area (Å²) in [4.78, 5) is 9.42. The molecule has 164 valence electrons. The Morgan fingerprint density at radius 2 is 1.38 bits per heavy atom. The first-order valence-electron chi connectivity index (χ1n) is 11.0. The molecule has 32 heavy (non-hydrogen) atoms. The molecule has 0 saturated carbocycles. The Morgan fingerprint density at radius 1 is 0.750 bits per heavy atom. The summed E-state index contributed by atoms with van der Waals surface area (Å²) in [5.41, 5.74) is 11.5. The number of hydrogen-bond acceptors (Lipinski definition) is 2. The summed E-state index contributed by atoms with van der Waals surface area (Å²) in [6, 6.07) is 19.3. The van der Waals surface area contributed by atoms with E-state index in [2.05, 4.69) is 93.5 Å². The fourth-order valence-electron chi connectivity index (χ4n) is 3.73. The predicted octanol–water partition coefficient (Wildman–Crippen LogP) is 8.03. The number of amidine groups is 1. The van der Waals surface area contributed by atoms with Gasteiger partial charge in [0.2, 0.25) is 0 Å². The molecule has 0 unspecified atom stereocenters. The van der Waals surface area contributed by atoms with Crippen LogP contribution < -0.4 is 5.32 Å². The lowest BCUT2D eigenvalue weighted by molar-refractivity contribution is 1.28. The predicted molar refractivity (Wildman–Crippen MR) is 141 cm³/mol. The van der Waals surface area contributed by atoms with Crippen LogP contribution in [0.4, 0.5) is 11.4 Å². The third-order valence-corrected chi connectivity index (χ3v) is 5.71. The zero-order valence-electron chi connectivity index (χ0n) is 20.2. The molecule has 0 radical (unpaired) electrons. The Morgan fingerprint density at radius 3 is 2.00 bits per heavy atom. The smallest absolute Gasteiger partial charge is 0.135 e. The molecule has 3 aromatic carbocycles. The van der Waals surface area contributed by atoms with Crippen molar-refractivity contribution in [2.75, 3.05) is 5.32 Å². The van der Waals surface area contributed by atoms with Crippen molar-refractivity contribution in [1.29, 1.82) is 0 Å². The standard InChI is InChI=1S/C29H33N3/c1-8-30-18-24(7)29(31-27-17-20(3)19(2)14-21(27)4)32-28-22(5)15-26(16-23(28)6)25-12-10-9-11-13-25/h8-18H,1-7H3,(H,31,32)/b24-18+,30-8?. The highest BCUT2D eigenvalue weighted by Gasteiger charge is 2.11. The van der Waals surface area contributed by atoms with Crippen LogP contribution in [0.15, 0.2) is 76.4 Å². The second-order valence-electron chi connectivity index (χ2n) is 8.38. The van der Waals surface area contributed by atoms with Gasteiger partial charge in [0.05, 0.1) is 5.69 Å². The van der Waals surface area contributed by atoms with Crippen LogP contribution in [0.1, 0.15) is 41.7 Å². The van der Waals surface area contributed by atoms with E-state index in [1.807, 2.05) is 26.1 Å². The van der Waals surface area contributed by atoms with Gasteiger partial charge in [0.15, 0.2) is 0 Å². The Bertz CT molecular complexity index is 1180. The van der Waals surface area contributed by atoms with Gasteiger partial charge >= 0.3 is 0 Å². The SMILES string of the molecule is CC=N/C=C(\C)C(=Nc1c(C)cc(-c2ccccc2)cc1C)Nc1cc(C)c(C)cc1C. The molecule has 0 aliphatic rings. The molecule has 0 spiro atoms. The summed E-state index contributed by atoms with van der Waals surface area (Å²) in [6.45, 7) is 14.6. The fraction of sp³-hybridized carbons (Fsp3) is 0.241. The van der Waals surface area contributed by atoms with Gasteiger partial charge in [0.1, 0.15) is 5.84 Å². The molecule has 3 aromatic rings. The summed E-state index contributed by atoms with van der Waals surface area (Å²) in [5.74, 6) is 0.806. The molecule has 0 aliphatic carbocycles. The minimum atomic E-state index is 0.806. The largest absolute Gasteiger partial charge is 0.340 e. The van der Waals surface area contributed by atoms with E-state index in [1.165, 1.54) is 27.8 Å². The van der Waals surface area contributed by atoms with Crippen LogP contribution in [0.5, 0.6) is 0 Å². The Kier molecular flexibility index (Phi) is 7.42. The summed E-state index contributed by atoms with van der Waals surface area (Å²) < 4.78 is 0. The lowest BCUT2D eigenvalue weighted by atomic mass is 9.99. The molecular weight excluding hydrogens is 390 g/mol. The third-order valence-electron chi connectivity index (χ3n) is 5.71. The van der Waals surface area contributed by atoms with Gasteiger partial charge in [-0.15, -0.1) is 0 Å². The number of aryl methyl sites for hydroxylation is 5. The quantitative estimate of drug-likeness (QED) is 0.327. The molecule has 3 rings (SSSR count). The van der Waals surface area contributed by atoms with E-state index in [4.69, 9.17) is 4.99 Å². The third kappa shape index (κ3) is 5.42. The minimum absolute atomic E-state index is 0.806. The van der Waals surface area contributed by atoms with Crippen molar-refractivity contribution in [2.24, 2.45) is 9.98 Å². The Balaban J connectivity index is 2.09. The Hall–Kier alpha value is -3.46. The highest BCUT2D eigenvalue weighted by molar-refractivity contribution is 6.09. The number of nitrogens with one attached hydrogen (secondary N) is 1. The van der Waals surface area contributed by atoms with Gasteiger partial charge in [-0.1, -0.05) is 36.4 Å². The summed E-state index contributed by atoms with van der Waals surface area (Å²) in [5, 5.41) is 3.58. The Labute approximate surface area is 192 Å². The molecule has 0 amide bonds. The minimum Gasteiger partial charge on any atom is -0.340 e. The molecule has 0 aromatic heterocycles. The van der Waals surface area contributed by atoms with E-state index in [0.29, 0.717) is 0 Å². The van der Waals surface area contributed by atoms with Crippen molar-refractivity contribution in [3.8, 4) is 11.1 Å². The lowest BCUT2D eigenvalue weighted by Gasteiger charge is -2.16. The van der Waals surface area contributed by atoms with Gasteiger partial charge in [0.25, 0.3) is 0 Å². The molecule has 1 N–H and O–H groups in total. The van der Waals surface area contributed by atoms with Crippen LogP contribution in [-0.4, -0.2) is 12.1 Å². The first kappa shape index (κ1) is 23.2. The maximum atomic E-state index is 5.10. The number of rotatable bonds is 5. The molecule has 0 fully saturated rings. The number of anilines is 1. The molecule has 0 aliphatic heterocycles. The van der Waals surface area contributed by atoms with Crippen LogP contribution in [0.25, 0.3) is 11.1 Å². The second-order valence-corrected chi connectivity index (χ2v) is 8.38. The number of benzene rings is 3. The van der Waals surface area contributed by atoms with Crippen LogP contribution in [0.2, 0.25) is 0 Å². The maximum absolute atomic E-state index is 5.10. The number of hydrogen-bond donors (Lipinski definition) is 1. The molecule has 0 heterocycles. The first-order valence-corrected chi connectivity index (χ1v) is 11.0. The average Bonchev–Trinajstić information content (AvgIpc) is 2.77. The topological polar surface area (TPSA) is 36.8 Å². The van der Waals surface area contributed by atoms with Crippen molar-refractivity contribution in [3.05, 3.63) is 94.2 Å². The number of nitrogens with zero attached hydrogens (tertiary/aromatic N) is 2. The van der Waals surface area contributed by atoms with Crippen molar-refractivity contribution in [1.82, 2.24) is 0 Å². The van der Waals surface area contributed by atoms with Crippen molar-refractivity contribution in [2.45, 2.75) is 48.5 Å². The van der Waals surface area contributed by atoms with E-state index < -0.39 is 0 Å². The number of aliphatic imine (C=N–C) groups is 2. The molecule has 0 atom stereocenters. The average molecular weight is 424 g/mol. The van der Waals surface area contributed by atoms with Gasteiger partial charge < -0.3 is 5.32 Å². The molecule has 0 bridgehead atoms. The van der Waals surface area contributed by atoms with Gasteiger partial charge in [-0.25, -0.2) is 4.99 Å². The van der Waals surface area contributed by atoms with E-state index >= 15 is 0 Å². The molecule has 0 saturated heterocycles. The van der Waals surface area contributed by atoms with E-state index in [0.717, 1.165) is 33.9 Å². The highest BCUT2D eigenvalue weighted by Crippen LogP contribution is 2.31. The van der Waals surface area contributed by atoms with Crippen molar-refractivity contribution in [3.63, 3.8) is 0 Å². The van der Waals surface area contributed by atoms with Gasteiger partial charge in [-0.3, -0.25) is 4.99 Å². The van der Waals surface area contributed by atoms with Crippen molar-refractivity contribution >= 4 is 23.4 Å². The van der Waals surface area contributed by atoms with Crippen LogP contribution in [0.3, 0.4) is 0 Å². The molecule has 3 nitrogen and oxygen atoms in total.